The van der Waals surface area contributed by atoms with Crippen LogP contribution < -0.4 is 10.1 Å². The monoisotopic (exact) mass is 433 g/mol. The maximum atomic E-state index is 14.6. The normalized spacial score (nSPS) is 10.9. The number of rotatable bonds is 8. The summed E-state index contributed by atoms with van der Waals surface area (Å²) in [4.78, 5) is 10.7. The van der Waals surface area contributed by atoms with Crippen molar-refractivity contribution < 1.29 is 19.0 Å². The molecule has 0 amide bonds. The first-order chi connectivity index (χ1) is 12.7. The van der Waals surface area contributed by atoms with Gasteiger partial charge in [0.2, 0.25) is 0 Å². The number of hydrogen-bond donors (Lipinski definition) is 2. The van der Waals surface area contributed by atoms with Gasteiger partial charge in [-0.2, -0.15) is 0 Å². The Kier molecular flexibility index (Phi) is 7.59. The number of halogens is 4. The van der Waals surface area contributed by atoms with E-state index in [0.717, 1.165) is 0 Å². The van der Waals surface area contributed by atoms with Crippen LogP contribution in [0.5, 0.6) is 5.75 Å². The Balaban J connectivity index is 2.19. The SMILES string of the molecule is CC(C)Nc1cc(Cl)cc(COc2c(Cl)cc(CCC(=O)O)cc2Cl)c1F. The van der Waals surface area contributed by atoms with Crippen molar-refractivity contribution in [2.45, 2.75) is 39.3 Å². The van der Waals surface area contributed by atoms with E-state index in [2.05, 4.69) is 5.32 Å². The van der Waals surface area contributed by atoms with Crippen LogP contribution in [0.4, 0.5) is 10.1 Å². The predicted molar refractivity (Wildman–Crippen MR) is 107 cm³/mol. The van der Waals surface area contributed by atoms with Crippen LogP contribution in [-0.4, -0.2) is 17.1 Å². The highest BCUT2D eigenvalue weighted by molar-refractivity contribution is 6.37. The largest absolute Gasteiger partial charge is 0.486 e. The van der Waals surface area contributed by atoms with Crippen molar-refractivity contribution in [1.29, 1.82) is 0 Å². The van der Waals surface area contributed by atoms with Crippen LogP contribution in [-0.2, 0) is 17.8 Å². The quantitative estimate of drug-likeness (QED) is 0.519. The minimum absolute atomic E-state index is 0.0355. The summed E-state index contributed by atoms with van der Waals surface area (Å²) in [6, 6.07) is 6.20. The number of ether oxygens (including phenoxy) is 1. The molecule has 146 valence electrons. The Morgan fingerprint density at radius 1 is 1.19 bits per heavy atom. The molecule has 0 aliphatic carbocycles. The van der Waals surface area contributed by atoms with Gasteiger partial charge in [0.1, 0.15) is 6.61 Å². The molecular weight excluding hydrogens is 416 g/mol. The van der Waals surface area contributed by atoms with E-state index in [9.17, 15) is 9.18 Å². The maximum Gasteiger partial charge on any atom is 0.303 e. The van der Waals surface area contributed by atoms with Gasteiger partial charge in [-0.3, -0.25) is 4.79 Å². The molecule has 0 saturated carbocycles. The number of hydrogen-bond acceptors (Lipinski definition) is 3. The molecule has 4 nitrogen and oxygen atoms in total. The van der Waals surface area contributed by atoms with Gasteiger partial charge in [-0.25, -0.2) is 4.39 Å². The van der Waals surface area contributed by atoms with Crippen molar-refractivity contribution in [3.63, 3.8) is 0 Å². The molecule has 0 fully saturated rings. The molecule has 0 saturated heterocycles. The Hall–Kier alpha value is -1.69. The highest BCUT2D eigenvalue weighted by atomic mass is 35.5. The zero-order chi connectivity index (χ0) is 20.1. The first-order valence-corrected chi connectivity index (χ1v) is 9.37. The van der Waals surface area contributed by atoms with Gasteiger partial charge in [0.15, 0.2) is 11.6 Å². The van der Waals surface area contributed by atoms with Gasteiger partial charge in [-0.05, 0) is 50.1 Å². The molecule has 2 N–H and O–H groups in total. The average molecular weight is 435 g/mol. The third-order valence-electron chi connectivity index (χ3n) is 3.61. The zero-order valence-electron chi connectivity index (χ0n) is 14.8. The minimum atomic E-state index is -0.912. The van der Waals surface area contributed by atoms with Gasteiger partial charge in [0.25, 0.3) is 0 Å². The number of nitrogens with one attached hydrogen (secondary N) is 1. The maximum absolute atomic E-state index is 14.6. The molecular formula is C19H19Cl3FNO3. The van der Waals surface area contributed by atoms with Crippen molar-refractivity contribution >= 4 is 46.5 Å². The number of aliphatic carboxylic acids is 1. The molecule has 0 bridgehead atoms. The number of carboxylic acids is 1. The van der Waals surface area contributed by atoms with Gasteiger partial charge < -0.3 is 15.2 Å². The molecule has 0 spiro atoms. The van der Waals surface area contributed by atoms with Crippen LogP contribution in [0, 0.1) is 5.82 Å². The number of anilines is 1. The molecule has 2 aromatic carbocycles. The highest BCUT2D eigenvalue weighted by Crippen LogP contribution is 2.36. The van der Waals surface area contributed by atoms with E-state index in [1.54, 1.807) is 12.1 Å². The van der Waals surface area contributed by atoms with Crippen molar-refractivity contribution in [2.75, 3.05) is 5.32 Å². The van der Waals surface area contributed by atoms with Crippen molar-refractivity contribution in [2.24, 2.45) is 0 Å². The van der Waals surface area contributed by atoms with E-state index in [1.807, 2.05) is 13.8 Å². The Bertz CT molecular complexity index is 820. The summed E-state index contributed by atoms with van der Waals surface area (Å²) >= 11 is 18.5. The molecule has 0 unspecified atom stereocenters. The second-order valence-electron chi connectivity index (χ2n) is 6.30. The van der Waals surface area contributed by atoms with E-state index < -0.39 is 11.8 Å². The zero-order valence-corrected chi connectivity index (χ0v) is 17.1. The Morgan fingerprint density at radius 2 is 1.81 bits per heavy atom. The van der Waals surface area contributed by atoms with E-state index >= 15 is 0 Å². The van der Waals surface area contributed by atoms with Gasteiger partial charge in [-0.15, -0.1) is 0 Å². The van der Waals surface area contributed by atoms with Crippen LogP contribution in [0.15, 0.2) is 24.3 Å². The Labute approximate surface area is 172 Å². The molecule has 0 heterocycles. The first kappa shape index (κ1) is 21.6. The average Bonchev–Trinajstić information content (AvgIpc) is 2.55. The van der Waals surface area contributed by atoms with Crippen LogP contribution in [0.1, 0.15) is 31.4 Å². The fourth-order valence-electron chi connectivity index (χ4n) is 2.46. The van der Waals surface area contributed by atoms with Gasteiger partial charge in [0.05, 0.1) is 15.7 Å². The fourth-order valence-corrected chi connectivity index (χ4v) is 3.34. The fraction of sp³-hybridized carbons (Fsp3) is 0.316. The summed E-state index contributed by atoms with van der Waals surface area (Å²) in [5.74, 6) is -1.17. The second-order valence-corrected chi connectivity index (χ2v) is 7.55. The third-order valence-corrected chi connectivity index (χ3v) is 4.39. The molecule has 2 rings (SSSR count). The lowest BCUT2D eigenvalue weighted by atomic mass is 10.1. The molecule has 0 atom stereocenters. The van der Waals surface area contributed by atoms with Gasteiger partial charge >= 0.3 is 5.97 Å². The molecule has 8 heteroatoms. The van der Waals surface area contributed by atoms with Crippen molar-refractivity contribution in [3.05, 3.63) is 56.3 Å². The van der Waals surface area contributed by atoms with E-state index in [-0.39, 0.29) is 46.1 Å². The Morgan fingerprint density at radius 3 is 2.37 bits per heavy atom. The standard InChI is InChI=1S/C19H19Cl3FNO3/c1-10(2)24-16-8-13(20)7-12(18(16)23)9-27-19-14(21)5-11(6-15(19)22)3-4-17(25)26/h5-8,10,24H,3-4,9H2,1-2H3,(H,25,26). The summed E-state index contributed by atoms with van der Waals surface area (Å²) in [5, 5.41) is 12.6. The van der Waals surface area contributed by atoms with Crippen molar-refractivity contribution in [3.8, 4) is 5.75 Å². The van der Waals surface area contributed by atoms with E-state index in [0.29, 0.717) is 17.0 Å². The lowest BCUT2D eigenvalue weighted by Crippen LogP contribution is -2.12. The number of aryl methyl sites for hydroxylation is 1. The molecule has 2 aromatic rings. The molecule has 0 radical (unpaired) electrons. The molecule has 0 aliphatic rings. The van der Waals surface area contributed by atoms with Gasteiger partial charge in [-0.1, -0.05) is 34.8 Å². The number of benzene rings is 2. The van der Waals surface area contributed by atoms with E-state index in [1.165, 1.54) is 12.1 Å². The molecule has 27 heavy (non-hydrogen) atoms. The predicted octanol–water partition coefficient (Wildman–Crippen LogP) is 6.20. The summed E-state index contributed by atoms with van der Waals surface area (Å²) in [6.45, 7) is 3.66. The number of carbonyl (C=O) groups is 1. The van der Waals surface area contributed by atoms with Crippen LogP contribution in [0.2, 0.25) is 15.1 Å². The molecule has 0 aliphatic heterocycles. The summed E-state index contributed by atoms with van der Waals surface area (Å²) in [7, 11) is 0. The summed E-state index contributed by atoms with van der Waals surface area (Å²) in [5.41, 5.74) is 1.22. The smallest absolute Gasteiger partial charge is 0.303 e. The van der Waals surface area contributed by atoms with Crippen LogP contribution in [0.25, 0.3) is 0 Å². The highest BCUT2D eigenvalue weighted by Gasteiger charge is 2.15. The first-order valence-electron chi connectivity index (χ1n) is 8.24. The van der Waals surface area contributed by atoms with E-state index in [4.69, 9.17) is 44.6 Å². The topological polar surface area (TPSA) is 58.6 Å². The lowest BCUT2D eigenvalue weighted by molar-refractivity contribution is -0.136. The van der Waals surface area contributed by atoms with Crippen LogP contribution in [0.3, 0.4) is 0 Å². The summed E-state index contributed by atoms with van der Waals surface area (Å²) in [6.07, 6.45) is 0.258. The lowest BCUT2D eigenvalue weighted by Gasteiger charge is -2.16. The van der Waals surface area contributed by atoms with Gasteiger partial charge in [0, 0.05) is 23.0 Å². The number of carboxylic acid groups (broad SMARTS) is 1. The third kappa shape index (κ3) is 6.16. The minimum Gasteiger partial charge on any atom is -0.486 e. The second kappa shape index (κ2) is 9.49. The van der Waals surface area contributed by atoms with Crippen molar-refractivity contribution in [1.82, 2.24) is 0 Å². The van der Waals surface area contributed by atoms with Crippen LogP contribution >= 0.6 is 34.8 Å². The molecule has 0 aromatic heterocycles. The summed E-state index contributed by atoms with van der Waals surface area (Å²) < 4.78 is 20.3.